The Hall–Kier alpha value is -1.76. The first kappa shape index (κ1) is 16.7. The molecule has 1 aromatic heterocycles. The van der Waals surface area contributed by atoms with E-state index >= 15 is 0 Å². The summed E-state index contributed by atoms with van der Waals surface area (Å²) in [6.07, 6.45) is 2.83. The number of halogens is 1. The van der Waals surface area contributed by atoms with Gasteiger partial charge in [0.25, 0.3) is 0 Å². The van der Waals surface area contributed by atoms with Gasteiger partial charge in [-0.15, -0.1) is 0 Å². The largest absolute Gasteiger partial charge is 0.383 e. The van der Waals surface area contributed by atoms with Gasteiger partial charge in [-0.1, -0.05) is 0 Å². The zero-order chi connectivity index (χ0) is 17.1. The molecule has 2 aliphatic heterocycles. The van der Waals surface area contributed by atoms with E-state index in [4.69, 9.17) is 9.47 Å². The van der Waals surface area contributed by atoms with Crippen molar-refractivity contribution in [2.45, 2.75) is 12.5 Å². The molecule has 3 heterocycles. The maximum absolute atomic E-state index is 13.4. The number of hydrogen-bond donors (Lipinski definition) is 1. The van der Waals surface area contributed by atoms with E-state index in [0.29, 0.717) is 17.5 Å². The number of nitrogens with zero attached hydrogens (tertiary/aromatic N) is 2. The van der Waals surface area contributed by atoms with Gasteiger partial charge in [-0.3, -0.25) is 9.88 Å². The zero-order valence-electron chi connectivity index (χ0n) is 14.3. The minimum absolute atomic E-state index is 0.258. The average Bonchev–Trinajstić information content (AvgIpc) is 3.17. The van der Waals surface area contributed by atoms with Crippen LogP contribution in [0.2, 0.25) is 0 Å². The summed E-state index contributed by atoms with van der Waals surface area (Å²) in [6.45, 7) is 6.03. The second-order valence-electron chi connectivity index (χ2n) is 6.74. The third-order valence-corrected chi connectivity index (χ3v) is 5.23. The number of nitrogens with one attached hydrogen (secondary N) is 1. The maximum Gasteiger partial charge on any atom is 0.125 e. The van der Waals surface area contributed by atoms with Gasteiger partial charge in [0.2, 0.25) is 0 Å². The fraction of sp³-hybridized carbons (Fsp3) is 0.526. The lowest BCUT2D eigenvalue weighted by atomic mass is 9.96. The minimum Gasteiger partial charge on any atom is -0.383 e. The molecule has 1 N–H and O–H groups in total. The Balaban J connectivity index is 1.52. The van der Waals surface area contributed by atoms with E-state index in [0.717, 1.165) is 63.6 Å². The molecule has 2 aliphatic rings. The number of morpholine rings is 1. The Morgan fingerprint density at radius 3 is 2.88 bits per heavy atom. The molecular weight excluding hydrogens is 321 g/mol. The SMILES string of the molecule is Fc1ccc2c(NC[C@H]([C@@H]3CCOC3)N3CCOCC3)ccnc2c1. The van der Waals surface area contributed by atoms with E-state index in [2.05, 4.69) is 15.2 Å². The summed E-state index contributed by atoms with van der Waals surface area (Å²) in [5, 5.41) is 4.53. The van der Waals surface area contributed by atoms with Gasteiger partial charge in [0.15, 0.2) is 0 Å². The molecule has 2 atom stereocenters. The number of benzene rings is 1. The number of fused-ring (bicyclic) bond motifs is 1. The van der Waals surface area contributed by atoms with Gasteiger partial charge in [0.1, 0.15) is 5.82 Å². The first-order chi connectivity index (χ1) is 12.3. The Labute approximate surface area is 147 Å². The smallest absolute Gasteiger partial charge is 0.125 e. The fourth-order valence-electron chi connectivity index (χ4n) is 3.85. The average molecular weight is 345 g/mol. The molecule has 25 heavy (non-hydrogen) atoms. The van der Waals surface area contributed by atoms with Gasteiger partial charge in [-0.05, 0) is 24.6 Å². The molecule has 1 aromatic carbocycles. The predicted molar refractivity (Wildman–Crippen MR) is 95.3 cm³/mol. The van der Waals surface area contributed by atoms with Gasteiger partial charge < -0.3 is 14.8 Å². The molecule has 0 spiro atoms. The van der Waals surface area contributed by atoms with E-state index in [1.54, 1.807) is 12.3 Å². The van der Waals surface area contributed by atoms with Crippen molar-refractivity contribution < 1.29 is 13.9 Å². The molecule has 0 bridgehead atoms. The lowest BCUT2D eigenvalue weighted by Crippen LogP contribution is -2.50. The molecule has 4 rings (SSSR count). The van der Waals surface area contributed by atoms with Crippen LogP contribution in [0.3, 0.4) is 0 Å². The van der Waals surface area contributed by atoms with Crippen LogP contribution in [0.4, 0.5) is 10.1 Å². The van der Waals surface area contributed by atoms with Crippen LogP contribution in [-0.4, -0.2) is 62.0 Å². The molecule has 0 radical (unpaired) electrons. The van der Waals surface area contributed by atoms with Crippen LogP contribution in [0.5, 0.6) is 0 Å². The highest BCUT2D eigenvalue weighted by Gasteiger charge is 2.31. The van der Waals surface area contributed by atoms with Crippen LogP contribution in [0.1, 0.15) is 6.42 Å². The van der Waals surface area contributed by atoms with Gasteiger partial charge in [-0.2, -0.15) is 0 Å². The summed E-state index contributed by atoms with van der Waals surface area (Å²) in [6, 6.07) is 7.13. The molecule has 2 aromatic rings. The normalized spacial score (nSPS) is 23.0. The van der Waals surface area contributed by atoms with Crippen molar-refractivity contribution in [1.29, 1.82) is 0 Å². The highest BCUT2D eigenvalue weighted by Crippen LogP contribution is 2.25. The van der Waals surface area contributed by atoms with Crippen LogP contribution < -0.4 is 5.32 Å². The summed E-state index contributed by atoms with van der Waals surface area (Å²) >= 11 is 0. The molecule has 0 unspecified atom stereocenters. The highest BCUT2D eigenvalue weighted by atomic mass is 19.1. The van der Waals surface area contributed by atoms with Crippen LogP contribution in [0.25, 0.3) is 10.9 Å². The molecular formula is C19H24FN3O2. The number of aromatic nitrogens is 1. The molecule has 2 saturated heterocycles. The fourth-order valence-corrected chi connectivity index (χ4v) is 3.85. The van der Waals surface area contributed by atoms with E-state index in [1.807, 2.05) is 6.07 Å². The summed E-state index contributed by atoms with van der Waals surface area (Å²) in [5.41, 5.74) is 1.68. The van der Waals surface area contributed by atoms with Crippen LogP contribution in [0, 0.1) is 11.7 Å². The number of ether oxygens (including phenoxy) is 2. The van der Waals surface area contributed by atoms with Crippen molar-refractivity contribution in [1.82, 2.24) is 9.88 Å². The summed E-state index contributed by atoms with van der Waals surface area (Å²) in [4.78, 5) is 6.78. The molecule has 6 heteroatoms. The highest BCUT2D eigenvalue weighted by molar-refractivity contribution is 5.90. The molecule has 134 valence electrons. The van der Waals surface area contributed by atoms with Crippen LogP contribution in [0.15, 0.2) is 30.5 Å². The minimum atomic E-state index is -0.258. The van der Waals surface area contributed by atoms with Crippen LogP contribution >= 0.6 is 0 Å². The molecule has 0 saturated carbocycles. The topological polar surface area (TPSA) is 46.6 Å². The van der Waals surface area contributed by atoms with E-state index in [9.17, 15) is 4.39 Å². The van der Waals surface area contributed by atoms with Crippen molar-refractivity contribution in [3.8, 4) is 0 Å². The molecule has 0 aliphatic carbocycles. The van der Waals surface area contributed by atoms with Crippen molar-refractivity contribution in [2.24, 2.45) is 5.92 Å². The monoisotopic (exact) mass is 345 g/mol. The number of hydrogen-bond acceptors (Lipinski definition) is 5. The molecule has 0 amide bonds. The van der Waals surface area contributed by atoms with E-state index < -0.39 is 0 Å². The summed E-state index contributed by atoms with van der Waals surface area (Å²) < 4.78 is 24.6. The Morgan fingerprint density at radius 1 is 1.20 bits per heavy atom. The van der Waals surface area contributed by atoms with Gasteiger partial charge >= 0.3 is 0 Å². The Morgan fingerprint density at radius 2 is 2.08 bits per heavy atom. The van der Waals surface area contributed by atoms with Crippen molar-refractivity contribution >= 4 is 16.6 Å². The third-order valence-electron chi connectivity index (χ3n) is 5.23. The van der Waals surface area contributed by atoms with Gasteiger partial charge in [0, 0.05) is 61.5 Å². The van der Waals surface area contributed by atoms with Crippen molar-refractivity contribution in [2.75, 3.05) is 51.4 Å². The Bertz CT molecular complexity index is 715. The number of anilines is 1. The molecule has 2 fully saturated rings. The maximum atomic E-state index is 13.4. The second-order valence-corrected chi connectivity index (χ2v) is 6.74. The standard InChI is InChI=1S/C19H24FN3O2/c20-15-1-2-16-17(3-5-21-18(16)11-15)22-12-19(14-4-8-25-13-14)23-6-9-24-10-7-23/h1-3,5,11,14,19H,4,6-10,12-13H2,(H,21,22)/t14-,19-/m1/s1. The zero-order valence-corrected chi connectivity index (χ0v) is 14.3. The number of pyridine rings is 1. The van der Waals surface area contributed by atoms with Crippen LogP contribution in [-0.2, 0) is 9.47 Å². The summed E-state index contributed by atoms with van der Waals surface area (Å²) in [5.74, 6) is 0.280. The molecule has 5 nitrogen and oxygen atoms in total. The van der Waals surface area contributed by atoms with E-state index in [-0.39, 0.29) is 5.82 Å². The van der Waals surface area contributed by atoms with E-state index in [1.165, 1.54) is 12.1 Å². The first-order valence-corrected chi connectivity index (χ1v) is 8.99. The summed E-state index contributed by atoms with van der Waals surface area (Å²) in [7, 11) is 0. The van der Waals surface area contributed by atoms with Crippen molar-refractivity contribution in [3.63, 3.8) is 0 Å². The number of rotatable bonds is 5. The first-order valence-electron chi connectivity index (χ1n) is 8.99. The lowest BCUT2D eigenvalue weighted by molar-refractivity contribution is 0.00462. The van der Waals surface area contributed by atoms with Gasteiger partial charge in [0.05, 0.1) is 25.3 Å². The van der Waals surface area contributed by atoms with Crippen molar-refractivity contribution in [3.05, 3.63) is 36.3 Å². The third kappa shape index (κ3) is 3.76. The quantitative estimate of drug-likeness (QED) is 0.902. The predicted octanol–water partition coefficient (Wildman–Crippen LogP) is 2.52. The Kier molecular flexibility index (Phi) is 5.10. The van der Waals surface area contributed by atoms with Gasteiger partial charge in [-0.25, -0.2) is 4.39 Å². The lowest BCUT2D eigenvalue weighted by Gasteiger charge is -2.37. The second kappa shape index (κ2) is 7.64.